The van der Waals surface area contributed by atoms with Crippen molar-refractivity contribution in [2.45, 2.75) is 51.5 Å². The van der Waals surface area contributed by atoms with Gasteiger partial charge in [0.15, 0.2) is 6.61 Å². The molecular formula is C21H27N3O5. The number of esters is 1. The van der Waals surface area contributed by atoms with Gasteiger partial charge in [0.2, 0.25) is 11.8 Å². The van der Waals surface area contributed by atoms with Gasteiger partial charge in [-0.1, -0.05) is 19.3 Å². The first-order chi connectivity index (χ1) is 13.9. The fourth-order valence-electron chi connectivity index (χ4n) is 3.93. The summed E-state index contributed by atoms with van der Waals surface area (Å²) in [6, 6.07) is 6.84. The summed E-state index contributed by atoms with van der Waals surface area (Å²) in [4.78, 5) is 49.4. The Hall–Kier alpha value is -2.90. The van der Waals surface area contributed by atoms with Crippen molar-refractivity contribution in [3.8, 4) is 0 Å². The summed E-state index contributed by atoms with van der Waals surface area (Å²) in [7, 11) is 0. The number of hydrogen-bond donors (Lipinski definition) is 2. The lowest BCUT2D eigenvalue weighted by atomic mass is 9.94. The first-order valence-electron chi connectivity index (χ1n) is 10.1. The number of anilines is 2. The summed E-state index contributed by atoms with van der Waals surface area (Å²) >= 11 is 0. The van der Waals surface area contributed by atoms with E-state index in [9.17, 15) is 19.2 Å². The molecule has 1 aromatic rings. The molecule has 1 atom stereocenters. The van der Waals surface area contributed by atoms with Gasteiger partial charge >= 0.3 is 5.97 Å². The van der Waals surface area contributed by atoms with E-state index < -0.39 is 24.4 Å². The molecule has 0 unspecified atom stereocenters. The number of carbonyl (C=O) groups excluding carboxylic acids is 4. The van der Waals surface area contributed by atoms with Crippen LogP contribution in [-0.2, 0) is 23.9 Å². The molecule has 1 aromatic carbocycles. The van der Waals surface area contributed by atoms with Crippen LogP contribution in [0, 0.1) is 5.92 Å². The van der Waals surface area contributed by atoms with Gasteiger partial charge in [0, 0.05) is 37.3 Å². The number of nitrogens with one attached hydrogen (secondary N) is 2. The highest BCUT2D eigenvalue weighted by molar-refractivity contribution is 5.94. The Balaban J connectivity index is 1.43. The molecule has 0 radical (unpaired) electrons. The molecule has 3 amide bonds. The quantitative estimate of drug-likeness (QED) is 0.712. The fraction of sp³-hybridized carbons (Fsp3) is 0.524. The van der Waals surface area contributed by atoms with Crippen molar-refractivity contribution in [1.29, 1.82) is 0 Å². The highest BCUT2D eigenvalue weighted by Crippen LogP contribution is 2.29. The summed E-state index contributed by atoms with van der Waals surface area (Å²) in [6.07, 6.45) is 5.59. The first-order valence-corrected chi connectivity index (χ1v) is 10.1. The van der Waals surface area contributed by atoms with E-state index in [1.807, 2.05) is 4.90 Å². The summed E-state index contributed by atoms with van der Waals surface area (Å²) in [5.74, 6) is -1.65. The van der Waals surface area contributed by atoms with Crippen LogP contribution in [0.5, 0.6) is 0 Å². The zero-order chi connectivity index (χ0) is 20.8. The molecule has 1 aliphatic heterocycles. The van der Waals surface area contributed by atoms with Crippen LogP contribution in [0.25, 0.3) is 0 Å². The molecular weight excluding hydrogens is 374 g/mol. The molecule has 1 heterocycles. The predicted octanol–water partition coefficient (Wildman–Crippen LogP) is 2.31. The van der Waals surface area contributed by atoms with Gasteiger partial charge in [-0.15, -0.1) is 0 Å². The van der Waals surface area contributed by atoms with Crippen molar-refractivity contribution >= 4 is 35.1 Å². The Morgan fingerprint density at radius 3 is 2.28 bits per heavy atom. The van der Waals surface area contributed by atoms with Crippen molar-refractivity contribution in [3.63, 3.8) is 0 Å². The smallest absolute Gasteiger partial charge is 0.311 e. The number of rotatable bonds is 6. The number of amides is 3. The molecule has 0 bridgehead atoms. The number of nitrogens with zero attached hydrogens (tertiary/aromatic N) is 1. The molecule has 8 heteroatoms. The molecule has 2 aliphatic rings. The standard InChI is InChI=1S/C21H27N3O5/c1-14(25)22-16-7-9-17(10-8-16)23-19(26)13-29-21(28)15-11-20(27)24(12-15)18-5-3-2-4-6-18/h7-10,15,18H,2-6,11-13H2,1H3,(H,22,25)(H,23,26)/t15-/m0/s1. The van der Waals surface area contributed by atoms with Gasteiger partial charge in [0.1, 0.15) is 0 Å². The van der Waals surface area contributed by atoms with Gasteiger partial charge in [-0.3, -0.25) is 19.2 Å². The average Bonchev–Trinajstić information content (AvgIpc) is 3.10. The lowest BCUT2D eigenvalue weighted by Crippen LogP contribution is -2.38. The lowest BCUT2D eigenvalue weighted by molar-refractivity contribution is -0.151. The topological polar surface area (TPSA) is 105 Å². The number of hydrogen-bond acceptors (Lipinski definition) is 5. The monoisotopic (exact) mass is 401 g/mol. The molecule has 0 aromatic heterocycles. The van der Waals surface area contributed by atoms with Crippen molar-refractivity contribution in [2.24, 2.45) is 5.92 Å². The van der Waals surface area contributed by atoms with Gasteiger partial charge in [0.25, 0.3) is 5.91 Å². The molecule has 1 saturated carbocycles. The van der Waals surface area contributed by atoms with E-state index in [1.165, 1.54) is 13.3 Å². The van der Waals surface area contributed by atoms with Gasteiger partial charge in [0.05, 0.1) is 5.92 Å². The second-order valence-electron chi connectivity index (χ2n) is 7.65. The lowest BCUT2D eigenvalue weighted by Gasteiger charge is -2.31. The van der Waals surface area contributed by atoms with Crippen molar-refractivity contribution < 1.29 is 23.9 Å². The molecule has 1 aliphatic carbocycles. The van der Waals surface area contributed by atoms with Crippen LogP contribution < -0.4 is 10.6 Å². The first kappa shape index (κ1) is 20.8. The van der Waals surface area contributed by atoms with Crippen LogP contribution in [0.1, 0.15) is 45.4 Å². The van der Waals surface area contributed by atoms with E-state index in [4.69, 9.17) is 4.74 Å². The Morgan fingerprint density at radius 2 is 1.66 bits per heavy atom. The summed E-state index contributed by atoms with van der Waals surface area (Å²) in [6.45, 7) is 1.39. The number of benzene rings is 1. The molecule has 3 rings (SSSR count). The molecule has 2 N–H and O–H groups in total. The van der Waals surface area contributed by atoms with Gasteiger partial charge in [-0.2, -0.15) is 0 Å². The normalized spacial score (nSPS) is 19.7. The summed E-state index contributed by atoms with van der Waals surface area (Å²) in [5.41, 5.74) is 1.15. The van der Waals surface area contributed by atoms with Gasteiger partial charge in [-0.25, -0.2) is 0 Å². The Kier molecular flexibility index (Phi) is 6.85. The van der Waals surface area contributed by atoms with Crippen molar-refractivity contribution in [2.75, 3.05) is 23.8 Å². The van der Waals surface area contributed by atoms with E-state index in [0.717, 1.165) is 25.7 Å². The second kappa shape index (κ2) is 9.54. The minimum Gasteiger partial charge on any atom is -0.455 e. The maximum absolute atomic E-state index is 12.3. The van der Waals surface area contributed by atoms with Gasteiger partial charge < -0.3 is 20.3 Å². The zero-order valence-corrected chi connectivity index (χ0v) is 16.6. The fourth-order valence-corrected chi connectivity index (χ4v) is 3.93. The SMILES string of the molecule is CC(=O)Nc1ccc(NC(=O)COC(=O)[C@H]2CC(=O)N(C3CCCCC3)C2)cc1. The molecule has 1 saturated heterocycles. The molecule has 156 valence electrons. The number of carbonyl (C=O) groups is 4. The van der Waals surface area contributed by atoms with Crippen LogP contribution in [0.4, 0.5) is 11.4 Å². The van der Waals surface area contributed by atoms with Crippen LogP contribution in [0.2, 0.25) is 0 Å². The molecule has 0 spiro atoms. The predicted molar refractivity (Wildman–Crippen MR) is 107 cm³/mol. The number of ether oxygens (including phenoxy) is 1. The molecule has 29 heavy (non-hydrogen) atoms. The summed E-state index contributed by atoms with van der Waals surface area (Å²) in [5, 5.41) is 5.27. The molecule has 8 nitrogen and oxygen atoms in total. The maximum Gasteiger partial charge on any atom is 0.311 e. The highest BCUT2D eigenvalue weighted by atomic mass is 16.5. The van der Waals surface area contributed by atoms with Crippen LogP contribution in [-0.4, -0.2) is 47.8 Å². The molecule has 2 fully saturated rings. The van der Waals surface area contributed by atoms with Gasteiger partial charge in [-0.05, 0) is 37.1 Å². The van der Waals surface area contributed by atoms with Crippen LogP contribution in [0.3, 0.4) is 0 Å². The third kappa shape index (κ3) is 5.79. The van der Waals surface area contributed by atoms with E-state index in [-0.39, 0.29) is 24.3 Å². The minimum atomic E-state index is -0.507. The number of likely N-dealkylation sites (tertiary alicyclic amines) is 1. The average molecular weight is 401 g/mol. The van der Waals surface area contributed by atoms with Crippen molar-refractivity contribution in [1.82, 2.24) is 4.90 Å². The minimum absolute atomic E-state index is 0.00237. The second-order valence-corrected chi connectivity index (χ2v) is 7.65. The van der Waals surface area contributed by atoms with Crippen LogP contribution in [0.15, 0.2) is 24.3 Å². The third-order valence-corrected chi connectivity index (χ3v) is 5.34. The summed E-state index contributed by atoms with van der Waals surface area (Å²) < 4.78 is 5.13. The van der Waals surface area contributed by atoms with E-state index >= 15 is 0 Å². The zero-order valence-electron chi connectivity index (χ0n) is 16.6. The largest absolute Gasteiger partial charge is 0.455 e. The van der Waals surface area contributed by atoms with Crippen molar-refractivity contribution in [3.05, 3.63) is 24.3 Å². The van der Waals surface area contributed by atoms with Crippen LogP contribution >= 0.6 is 0 Å². The Bertz CT molecular complexity index is 771. The van der Waals surface area contributed by atoms with E-state index in [1.54, 1.807) is 24.3 Å². The third-order valence-electron chi connectivity index (χ3n) is 5.34. The van der Waals surface area contributed by atoms with E-state index in [2.05, 4.69) is 10.6 Å². The Labute approximate surface area is 170 Å². The Morgan fingerprint density at radius 1 is 1.03 bits per heavy atom. The highest BCUT2D eigenvalue weighted by Gasteiger charge is 2.39. The van der Waals surface area contributed by atoms with E-state index in [0.29, 0.717) is 17.9 Å². The maximum atomic E-state index is 12.3.